The monoisotopic (exact) mass is 250 g/mol. The summed E-state index contributed by atoms with van der Waals surface area (Å²) in [5.41, 5.74) is 0.735. The van der Waals surface area contributed by atoms with Crippen LogP contribution >= 0.6 is 0 Å². The number of hydrogen-bond donors (Lipinski definition) is 0. The molecule has 0 aliphatic heterocycles. The second kappa shape index (κ2) is 5.16. The first-order valence-corrected chi connectivity index (χ1v) is 5.77. The van der Waals surface area contributed by atoms with Crippen molar-refractivity contribution >= 4 is 0 Å². The Morgan fingerprint density at radius 1 is 1.39 bits per heavy atom. The molecule has 0 N–H and O–H groups in total. The van der Waals surface area contributed by atoms with Crippen LogP contribution < -0.4 is 4.74 Å². The van der Waals surface area contributed by atoms with Crippen LogP contribution in [0.4, 0.5) is 4.39 Å². The van der Waals surface area contributed by atoms with Gasteiger partial charge in [0.05, 0.1) is 0 Å². The smallest absolute Gasteiger partial charge is 0.264 e. The van der Waals surface area contributed by atoms with Gasteiger partial charge in [-0.25, -0.2) is 4.39 Å². The minimum Gasteiger partial charge on any atom is -0.483 e. The number of halogens is 1. The van der Waals surface area contributed by atoms with Crippen LogP contribution in [0.1, 0.15) is 37.0 Å². The molecule has 0 aliphatic carbocycles. The molecule has 2 aromatic rings. The van der Waals surface area contributed by atoms with E-state index in [4.69, 9.17) is 9.26 Å². The van der Waals surface area contributed by atoms with E-state index in [1.807, 2.05) is 13.8 Å². The van der Waals surface area contributed by atoms with E-state index < -0.39 is 0 Å². The second-order valence-corrected chi connectivity index (χ2v) is 4.40. The molecule has 0 bridgehead atoms. The summed E-state index contributed by atoms with van der Waals surface area (Å²) in [6, 6.07) is 4.36. The molecule has 18 heavy (non-hydrogen) atoms. The summed E-state index contributed by atoms with van der Waals surface area (Å²) in [5, 5.41) is 3.84. The predicted molar refractivity (Wildman–Crippen MR) is 63.9 cm³/mol. The van der Waals surface area contributed by atoms with Gasteiger partial charge in [0.1, 0.15) is 11.6 Å². The summed E-state index contributed by atoms with van der Waals surface area (Å²) in [5.74, 6) is 1.63. The minimum absolute atomic E-state index is 0.187. The summed E-state index contributed by atoms with van der Waals surface area (Å²) < 4.78 is 23.5. The van der Waals surface area contributed by atoms with Gasteiger partial charge in [0.15, 0.2) is 12.4 Å². The van der Waals surface area contributed by atoms with Crippen molar-refractivity contribution in [1.29, 1.82) is 0 Å². The molecule has 1 aromatic heterocycles. The molecule has 96 valence electrons. The number of ether oxygens (including phenoxy) is 1. The number of aryl methyl sites for hydroxylation is 1. The van der Waals surface area contributed by atoms with E-state index >= 15 is 0 Å². The fraction of sp³-hybridized carbons (Fsp3) is 0.385. The van der Waals surface area contributed by atoms with Crippen LogP contribution in [0, 0.1) is 12.7 Å². The molecule has 1 heterocycles. The first-order valence-electron chi connectivity index (χ1n) is 5.77. The maximum absolute atomic E-state index is 12.9. The molecule has 0 atom stereocenters. The summed E-state index contributed by atoms with van der Waals surface area (Å²) in [6.45, 7) is 5.94. The second-order valence-electron chi connectivity index (χ2n) is 4.40. The maximum Gasteiger partial charge on any atom is 0.264 e. The molecule has 4 nitrogen and oxygen atoms in total. The Balaban J connectivity index is 2.02. The standard InChI is InChI=1S/C13H15FN2O2/c1-8(2)13-15-12(18-16-13)7-17-11-5-4-10(14)6-9(11)3/h4-6,8H,7H2,1-3H3. The van der Waals surface area contributed by atoms with Crippen molar-refractivity contribution in [3.63, 3.8) is 0 Å². The molecular formula is C13H15FN2O2. The topological polar surface area (TPSA) is 48.2 Å². The summed E-state index contributed by atoms with van der Waals surface area (Å²) in [6.07, 6.45) is 0. The van der Waals surface area contributed by atoms with Crippen molar-refractivity contribution in [3.05, 3.63) is 41.3 Å². The van der Waals surface area contributed by atoms with E-state index in [9.17, 15) is 4.39 Å². The van der Waals surface area contributed by atoms with E-state index in [2.05, 4.69) is 10.1 Å². The van der Waals surface area contributed by atoms with Crippen molar-refractivity contribution in [2.75, 3.05) is 0 Å². The third kappa shape index (κ3) is 2.85. The zero-order valence-electron chi connectivity index (χ0n) is 10.6. The molecule has 0 saturated carbocycles. The zero-order chi connectivity index (χ0) is 13.1. The highest BCUT2D eigenvalue weighted by Crippen LogP contribution is 2.19. The van der Waals surface area contributed by atoms with Crippen LogP contribution in [0.25, 0.3) is 0 Å². The molecule has 0 amide bonds. The Bertz CT molecular complexity index is 538. The van der Waals surface area contributed by atoms with E-state index in [1.165, 1.54) is 12.1 Å². The molecule has 0 aliphatic rings. The van der Waals surface area contributed by atoms with Gasteiger partial charge in [-0.3, -0.25) is 0 Å². The Labute approximate surface area is 105 Å². The van der Waals surface area contributed by atoms with E-state index in [0.29, 0.717) is 17.5 Å². The lowest BCUT2D eigenvalue weighted by Gasteiger charge is -2.06. The van der Waals surface area contributed by atoms with Gasteiger partial charge in [0.2, 0.25) is 0 Å². The van der Waals surface area contributed by atoms with E-state index in [-0.39, 0.29) is 18.3 Å². The highest BCUT2D eigenvalue weighted by molar-refractivity contribution is 5.32. The average Bonchev–Trinajstić information content (AvgIpc) is 2.76. The van der Waals surface area contributed by atoms with Gasteiger partial charge >= 0.3 is 0 Å². The van der Waals surface area contributed by atoms with Crippen LogP contribution in [0.5, 0.6) is 5.75 Å². The van der Waals surface area contributed by atoms with Crippen molar-refractivity contribution in [2.45, 2.75) is 33.3 Å². The molecule has 1 aromatic carbocycles. The highest BCUT2D eigenvalue weighted by atomic mass is 19.1. The molecule has 0 saturated heterocycles. The Morgan fingerprint density at radius 3 is 2.78 bits per heavy atom. The molecule has 0 fully saturated rings. The number of aromatic nitrogens is 2. The van der Waals surface area contributed by atoms with Gasteiger partial charge < -0.3 is 9.26 Å². The predicted octanol–water partition coefficient (Wildman–Crippen LogP) is 3.22. The lowest BCUT2D eigenvalue weighted by atomic mass is 10.2. The maximum atomic E-state index is 12.9. The van der Waals surface area contributed by atoms with Gasteiger partial charge in [-0.15, -0.1) is 0 Å². The Hall–Kier alpha value is -1.91. The number of benzene rings is 1. The highest BCUT2D eigenvalue weighted by Gasteiger charge is 2.10. The molecular weight excluding hydrogens is 235 g/mol. The zero-order valence-corrected chi connectivity index (χ0v) is 10.6. The lowest BCUT2D eigenvalue weighted by molar-refractivity contribution is 0.241. The van der Waals surface area contributed by atoms with Crippen molar-refractivity contribution in [3.8, 4) is 5.75 Å². The van der Waals surface area contributed by atoms with Crippen molar-refractivity contribution < 1.29 is 13.7 Å². The quantitative estimate of drug-likeness (QED) is 0.835. The van der Waals surface area contributed by atoms with Gasteiger partial charge in [0, 0.05) is 5.92 Å². The van der Waals surface area contributed by atoms with E-state index in [0.717, 1.165) is 5.56 Å². The first-order chi connectivity index (χ1) is 8.56. The van der Waals surface area contributed by atoms with Crippen molar-refractivity contribution in [2.24, 2.45) is 0 Å². The van der Waals surface area contributed by atoms with Gasteiger partial charge in [-0.1, -0.05) is 19.0 Å². The molecule has 0 unspecified atom stereocenters. The molecule has 0 radical (unpaired) electrons. The van der Waals surface area contributed by atoms with Crippen molar-refractivity contribution in [1.82, 2.24) is 10.1 Å². The molecule has 0 spiro atoms. The average molecular weight is 250 g/mol. The van der Waals surface area contributed by atoms with Gasteiger partial charge in [0.25, 0.3) is 5.89 Å². The first kappa shape index (κ1) is 12.5. The fourth-order valence-electron chi connectivity index (χ4n) is 1.48. The van der Waals surface area contributed by atoms with Gasteiger partial charge in [-0.05, 0) is 30.7 Å². The third-order valence-corrected chi connectivity index (χ3v) is 2.49. The minimum atomic E-state index is -0.278. The Morgan fingerprint density at radius 2 is 2.17 bits per heavy atom. The van der Waals surface area contributed by atoms with Crippen LogP contribution in [-0.4, -0.2) is 10.1 Å². The summed E-state index contributed by atoms with van der Waals surface area (Å²) in [7, 11) is 0. The number of hydrogen-bond acceptors (Lipinski definition) is 4. The molecule has 5 heteroatoms. The van der Waals surface area contributed by atoms with Crippen LogP contribution in [0.3, 0.4) is 0 Å². The number of nitrogens with zero attached hydrogens (tertiary/aromatic N) is 2. The number of rotatable bonds is 4. The fourth-order valence-corrected chi connectivity index (χ4v) is 1.48. The molecule has 2 rings (SSSR count). The lowest BCUT2D eigenvalue weighted by Crippen LogP contribution is -1.98. The van der Waals surface area contributed by atoms with E-state index in [1.54, 1.807) is 13.0 Å². The normalized spacial score (nSPS) is 10.9. The largest absolute Gasteiger partial charge is 0.483 e. The van der Waals surface area contributed by atoms with Crippen LogP contribution in [-0.2, 0) is 6.61 Å². The summed E-state index contributed by atoms with van der Waals surface area (Å²) in [4.78, 5) is 4.20. The third-order valence-electron chi connectivity index (χ3n) is 2.49. The van der Waals surface area contributed by atoms with Crippen LogP contribution in [0.15, 0.2) is 22.7 Å². The summed E-state index contributed by atoms with van der Waals surface area (Å²) >= 11 is 0. The Kier molecular flexibility index (Phi) is 3.60. The van der Waals surface area contributed by atoms with Gasteiger partial charge in [-0.2, -0.15) is 4.98 Å². The SMILES string of the molecule is Cc1cc(F)ccc1OCc1nc(C(C)C)no1. The van der Waals surface area contributed by atoms with Crippen LogP contribution in [0.2, 0.25) is 0 Å².